The molecule has 0 amide bonds. The molecule has 8 heteroatoms. The highest BCUT2D eigenvalue weighted by molar-refractivity contribution is 6.58. The summed E-state index contributed by atoms with van der Waals surface area (Å²) in [4.78, 5) is 15.8. The van der Waals surface area contributed by atoms with Crippen molar-refractivity contribution in [1.82, 2.24) is 15.2 Å². The summed E-state index contributed by atoms with van der Waals surface area (Å²) in [5.41, 5.74) is 4.51. The van der Waals surface area contributed by atoms with Gasteiger partial charge in [0.2, 0.25) is 0 Å². The van der Waals surface area contributed by atoms with Gasteiger partial charge in [-0.3, -0.25) is 0 Å². The standard InChI is InChI=1S/C24H24N6O2/c25-15-16-6-7-20-18(14-16)21(24(31)28-20)23-22(17-4-1-2-5-19(17)27-23)29-32-13-3-10-30-11-8-26-9-12-30/h1-2,4-7,14,26,28,31H,3,8-13H2/b29-22+. The Balaban J connectivity index is 1.42. The Hall–Kier alpha value is -3.67. The second kappa shape index (κ2) is 8.83. The van der Waals surface area contributed by atoms with Gasteiger partial charge in [-0.25, -0.2) is 4.99 Å². The predicted octanol–water partition coefficient (Wildman–Crippen LogP) is 2.90. The lowest BCUT2D eigenvalue weighted by Gasteiger charge is -2.26. The molecule has 8 nitrogen and oxygen atoms in total. The molecule has 0 bridgehead atoms. The molecule has 1 saturated heterocycles. The van der Waals surface area contributed by atoms with Crippen LogP contribution in [0.25, 0.3) is 10.9 Å². The molecule has 1 fully saturated rings. The molecular weight excluding hydrogens is 404 g/mol. The Morgan fingerprint density at radius 2 is 2.03 bits per heavy atom. The van der Waals surface area contributed by atoms with Crippen molar-refractivity contribution in [2.75, 3.05) is 39.3 Å². The Labute approximate surface area is 185 Å². The molecule has 0 aliphatic carbocycles. The van der Waals surface area contributed by atoms with Crippen molar-refractivity contribution in [2.24, 2.45) is 10.1 Å². The summed E-state index contributed by atoms with van der Waals surface area (Å²) in [7, 11) is 0. The number of para-hydroxylation sites is 1. The summed E-state index contributed by atoms with van der Waals surface area (Å²) < 4.78 is 0. The molecule has 2 aliphatic rings. The van der Waals surface area contributed by atoms with Crippen molar-refractivity contribution in [1.29, 1.82) is 5.26 Å². The number of oxime groups is 1. The maximum absolute atomic E-state index is 10.7. The quantitative estimate of drug-likeness (QED) is 0.413. The Bertz CT molecular complexity index is 1250. The Morgan fingerprint density at radius 3 is 2.88 bits per heavy atom. The first kappa shape index (κ1) is 20.2. The number of H-pyrrole nitrogens is 1. The van der Waals surface area contributed by atoms with E-state index >= 15 is 0 Å². The van der Waals surface area contributed by atoms with Gasteiger partial charge >= 0.3 is 0 Å². The minimum Gasteiger partial charge on any atom is -0.494 e. The van der Waals surface area contributed by atoms with Gasteiger partial charge in [0.1, 0.15) is 18.0 Å². The normalized spacial score (nSPS) is 17.3. The van der Waals surface area contributed by atoms with Crippen LogP contribution in [0.1, 0.15) is 23.1 Å². The molecular formula is C24H24N6O2. The molecule has 5 rings (SSSR count). The summed E-state index contributed by atoms with van der Waals surface area (Å²) in [5, 5.41) is 28.5. The molecule has 3 aromatic rings. The van der Waals surface area contributed by atoms with Crippen molar-refractivity contribution in [3.05, 3.63) is 59.2 Å². The number of aromatic hydroxyl groups is 1. The number of aliphatic imine (C=N–C) groups is 1. The van der Waals surface area contributed by atoms with Crippen molar-refractivity contribution >= 4 is 28.0 Å². The molecule has 32 heavy (non-hydrogen) atoms. The summed E-state index contributed by atoms with van der Waals surface area (Å²) in [6, 6.07) is 15.1. The smallest absolute Gasteiger partial charge is 0.199 e. The van der Waals surface area contributed by atoms with Crippen LogP contribution < -0.4 is 5.32 Å². The molecule has 0 saturated carbocycles. The number of hydrogen-bond donors (Lipinski definition) is 3. The first-order valence-electron chi connectivity index (χ1n) is 10.8. The highest BCUT2D eigenvalue weighted by Gasteiger charge is 2.29. The van der Waals surface area contributed by atoms with Gasteiger partial charge in [0, 0.05) is 49.2 Å². The molecule has 3 N–H and O–H groups in total. The van der Waals surface area contributed by atoms with Crippen LogP contribution in [0.4, 0.5) is 5.69 Å². The first-order valence-corrected chi connectivity index (χ1v) is 10.8. The van der Waals surface area contributed by atoms with Gasteiger partial charge in [-0.15, -0.1) is 0 Å². The number of aromatic nitrogens is 1. The zero-order chi connectivity index (χ0) is 21.9. The van der Waals surface area contributed by atoms with Crippen molar-refractivity contribution < 1.29 is 9.94 Å². The molecule has 0 radical (unpaired) electrons. The lowest BCUT2D eigenvalue weighted by atomic mass is 10.0. The van der Waals surface area contributed by atoms with Gasteiger partial charge in [-0.2, -0.15) is 5.26 Å². The summed E-state index contributed by atoms with van der Waals surface area (Å²) in [6.45, 7) is 5.65. The topological polar surface area (TPSA) is 109 Å². The van der Waals surface area contributed by atoms with Gasteiger partial charge in [0.05, 0.1) is 22.9 Å². The van der Waals surface area contributed by atoms with E-state index in [1.54, 1.807) is 18.2 Å². The summed E-state index contributed by atoms with van der Waals surface area (Å²) in [5.74, 6) is -0.00643. The molecule has 162 valence electrons. The van der Waals surface area contributed by atoms with E-state index in [2.05, 4.69) is 26.4 Å². The number of piperazine rings is 1. The van der Waals surface area contributed by atoms with Crippen LogP contribution >= 0.6 is 0 Å². The largest absolute Gasteiger partial charge is 0.494 e. The average molecular weight is 428 g/mol. The maximum atomic E-state index is 10.7. The van der Waals surface area contributed by atoms with E-state index in [0.717, 1.165) is 61.3 Å². The first-order chi connectivity index (χ1) is 15.7. The number of fused-ring (bicyclic) bond motifs is 2. The van der Waals surface area contributed by atoms with Gasteiger partial charge < -0.3 is 25.1 Å². The molecule has 0 spiro atoms. The third kappa shape index (κ3) is 3.84. The third-order valence-electron chi connectivity index (χ3n) is 5.84. The Kier molecular flexibility index (Phi) is 5.58. The van der Waals surface area contributed by atoms with Crippen LogP contribution in [0.3, 0.4) is 0 Å². The van der Waals surface area contributed by atoms with Crippen LogP contribution in [0.15, 0.2) is 52.6 Å². The minimum atomic E-state index is -0.00643. The minimum absolute atomic E-state index is 0.00643. The lowest BCUT2D eigenvalue weighted by Crippen LogP contribution is -2.43. The molecule has 0 atom stereocenters. The lowest BCUT2D eigenvalue weighted by molar-refractivity contribution is 0.126. The summed E-state index contributed by atoms with van der Waals surface area (Å²) in [6.07, 6.45) is 0.884. The van der Waals surface area contributed by atoms with Crippen molar-refractivity contribution in [2.45, 2.75) is 6.42 Å². The summed E-state index contributed by atoms with van der Waals surface area (Å²) >= 11 is 0. The zero-order valence-corrected chi connectivity index (χ0v) is 17.6. The number of nitrogens with one attached hydrogen (secondary N) is 2. The number of benzene rings is 2. The van der Waals surface area contributed by atoms with Gasteiger partial charge in [0.25, 0.3) is 0 Å². The van der Waals surface area contributed by atoms with Crippen LogP contribution in [0.2, 0.25) is 0 Å². The third-order valence-corrected chi connectivity index (χ3v) is 5.84. The van der Waals surface area contributed by atoms with E-state index in [-0.39, 0.29) is 5.88 Å². The van der Waals surface area contributed by atoms with Gasteiger partial charge in [-0.05, 0) is 30.7 Å². The number of aromatic amines is 1. The van der Waals surface area contributed by atoms with E-state index < -0.39 is 0 Å². The molecule has 3 heterocycles. The van der Waals surface area contributed by atoms with Crippen LogP contribution in [0.5, 0.6) is 5.88 Å². The second-order valence-corrected chi connectivity index (χ2v) is 7.92. The number of rotatable bonds is 6. The number of nitrogens with zero attached hydrogens (tertiary/aromatic N) is 4. The molecule has 1 aromatic heterocycles. The fourth-order valence-electron chi connectivity index (χ4n) is 4.22. The molecule has 2 aromatic carbocycles. The SMILES string of the molecule is N#Cc1ccc2[nH]c(O)c(C3=Nc4ccccc4/C3=N\OCCCN3CCNCC3)c2c1. The van der Waals surface area contributed by atoms with Crippen molar-refractivity contribution in [3.63, 3.8) is 0 Å². The fourth-order valence-corrected chi connectivity index (χ4v) is 4.22. The molecule has 2 aliphatic heterocycles. The predicted molar refractivity (Wildman–Crippen MR) is 124 cm³/mol. The highest BCUT2D eigenvalue weighted by Crippen LogP contribution is 2.36. The van der Waals surface area contributed by atoms with Crippen LogP contribution in [0, 0.1) is 11.3 Å². The van der Waals surface area contributed by atoms with Crippen LogP contribution in [-0.2, 0) is 4.84 Å². The highest BCUT2D eigenvalue weighted by atomic mass is 16.6. The van der Waals surface area contributed by atoms with E-state index in [4.69, 9.17) is 9.83 Å². The monoisotopic (exact) mass is 428 g/mol. The number of nitriles is 1. The zero-order valence-electron chi connectivity index (χ0n) is 17.6. The van der Waals surface area contributed by atoms with Crippen molar-refractivity contribution in [3.8, 4) is 11.9 Å². The maximum Gasteiger partial charge on any atom is 0.199 e. The van der Waals surface area contributed by atoms with E-state index in [1.807, 2.05) is 24.3 Å². The average Bonchev–Trinajstić information content (AvgIpc) is 3.35. The van der Waals surface area contributed by atoms with Gasteiger partial charge in [0.15, 0.2) is 5.88 Å². The Morgan fingerprint density at radius 1 is 1.19 bits per heavy atom. The fraction of sp³-hybridized carbons (Fsp3) is 0.292. The van der Waals surface area contributed by atoms with Crippen LogP contribution in [-0.4, -0.2) is 65.7 Å². The van der Waals surface area contributed by atoms with E-state index in [0.29, 0.717) is 29.2 Å². The van der Waals surface area contributed by atoms with E-state index in [1.165, 1.54) is 0 Å². The number of hydrogen-bond acceptors (Lipinski definition) is 7. The second-order valence-electron chi connectivity index (χ2n) is 7.92. The molecule has 0 unspecified atom stereocenters. The van der Waals surface area contributed by atoms with E-state index in [9.17, 15) is 10.4 Å². The van der Waals surface area contributed by atoms with Gasteiger partial charge in [-0.1, -0.05) is 23.4 Å².